The minimum absolute atomic E-state index is 0.0531. The Kier molecular flexibility index (Phi) is 2.70. The molecule has 0 saturated heterocycles. The van der Waals surface area contributed by atoms with Gasteiger partial charge in [-0.25, -0.2) is 0 Å². The highest BCUT2D eigenvalue weighted by atomic mass is 32.1. The summed E-state index contributed by atoms with van der Waals surface area (Å²) in [5.74, 6) is 0.770. The molecular weight excluding hydrogens is 174 g/mol. The first kappa shape index (κ1) is 9.06. The van der Waals surface area contributed by atoms with Gasteiger partial charge >= 0.3 is 0 Å². The van der Waals surface area contributed by atoms with Gasteiger partial charge in [-0.3, -0.25) is 4.79 Å². The van der Waals surface area contributed by atoms with Crippen LogP contribution >= 0.6 is 11.3 Å². The summed E-state index contributed by atoms with van der Waals surface area (Å²) in [6.07, 6.45) is 0. The maximum atomic E-state index is 10.7. The number of hydrogen-bond donors (Lipinski definition) is 1. The van der Waals surface area contributed by atoms with Gasteiger partial charge in [0, 0.05) is 17.9 Å². The van der Waals surface area contributed by atoms with Crippen molar-refractivity contribution in [2.75, 3.05) is 12.4 Å². The lowest BCUT2D eigenvalue weighted by Gasteiger charge is -2.00. The summed E-state index contributed by atoms with van der Waals surface area (Å²) >= 11 is 1.47. The molecule has 0 unspecified atom stereocenters. The number of amides is 1. The Hall–Kier alpha value is -1.03. The van der Waals surface area contributed by atoms with E-state index in [-0.39, 0.29) is 5.91 Å². The van der Waals surface area contributed by atoms with Gasteiger partial charge < -0.3 is 10.1 Å². The van der Waals surface area contributed by atoms with Crippen LogP contribution < -0.4 is 10.1 Å². The topological polar surface area (TPSA) is 38.3 Å². The first-order valence-electron chi connectivity index (χ1n) is 3.54. The lowest BCUT2D eigenvalue weighted by atomic mass is 10.3. The Morgan fingerprint density at radius 1 is 1.67 bits per heavy atom. The number of rotatable bonds is 2. The summed E-state index contributed by atoms with van der Waals surface area (Å²) < 4.78 is 5.07. The van der Waals surface area contributed by atoms with Gasteiger partial charge in [0.15, 0.2) is 0 Å². The summed E-state index contributed by atoms with van der Waals surface area (Å²) in [5, 5.41) is 5.46. The third-order valence-electron chi connectivity index (χ3n) is 1.50. The predicted molar refractivity (Wildman–Crippen MR) is 49.9 cm³/mol. The van der Waals surface area contributed by atoms with Crippen LogP contribution in [0.15, 0.2) is 5.38 Å². The maximum absolute atomic E-state index is 10.7. The maximum Gasteiger partial charge on any atom is 0.221 e. The number of hydrogen-bond acceptors (Lipinski definition) is 3. The molecule has 0 atom stereocenters. The number of thiophene rings is 1. The molecule has 0 radical (unpaired) electrons. The van der Waals surface area contributed by atoms with E-state index < -0.39 is 0 Å². The summed E-state index contributed by atoms with van der Waals surface area (Å²) in [6.45, 7) is 3.41. The average molecular weight is 185 g/mol. The molecule has 1 aromatic rings. The van der Waals surface area contributed by atoms with Crippen molar-refractivity contribution < 1.29 is 9.53 Å². The molecule has 0 spiro atoms. The van der Waals surface area contributed by atoms with Gasteiger partial charge in [0.05, 0.1) is 7.11 Å². The van der Waals surface area contributed by atoms with E-state index >= 15 is 0 Å². The van der Waals surface area contributed by atoms with Gasteiger partial charge in [-0.15, -0.1) is 11.3 Å². The fourth-order valence-corrected chi connectivity index (χ4v) is 1.86. The van der Waals surface area contributed by atoms with E-state index in [1.807, 2.05) is 12.3 Å². The minimum atomic E-state index is -0.0531. The normalized spacial score (nSPS) is 9.58. The Labute approximate surface area is 75.4 Å². The first-order valence-corrected chi connectivity index (χ1v) is 4.42. The Morgan fingerprint density at radius 2 is 2.33 bits per heavy atom. The number of anilines is 1. The number of nitrogens with one attached hydrogen (secondary N) is 1. The number of carbonyl (C=O) groups is 1. The van der Waals surface area contributed by atoms with Crippen LogP contribution in [0.25, 0.3) is 0 Å². The predicted octanol–water partition coefficient (Wildman–Crippen LogP) is 2.02. The second kappa shape index (κ2) is 3.58. The summed E-state index contributed by atoms with van der Waals surface area (Å²) in [4.78, 5) is 10.7. The molecule has 0 fully saturated rings. The van der Waals surface area contributed by atoms with Crippen LogP contribution in [0.4, 0.5) is 5.00 Å². The van der Waals surface area contributed by atoms with Crippen molar-refractivity contribution in [3.05, 3.63) is 10.9 Å². The molecule has 1 rings (SSSR count). The molecule has 3 nitrogen and oxygen atoms in total. The van der Waals surface area contributed by atoms with Crippen molar-refractivity contribution in [2.45, 2.75) is 13.8 Å². The highest BCUT2D eigenvalue weighted by molar-refractivity contribution is 7.14. The lowest BCUT2D eigenvalue weighted by molar-refractivity contribution is -0.114. The highest BCUT2D eigenvalue weighted by Gasteiger charge is 2.07. The van der Waals surface area contributed by atoms with Crippen molar-refractivity contribution in [2.24, 2.45) is 0 Å². The standard InChI is InChI=1S/C8H11NO2S/c1-5-7(11-3)4-12-8(5)9-6(2)10/h4H,1-3H3,(H,9,10). The fourth-order valence-electron chi connectivity index (χ4n) is 0.885. The zero-order valence-electron chi connectivity index (χ0n) is 7.30. The monoisotopic (exact) mass is 185 g/mol. The Balaban J connectivity index is 2.87. The van der Waals surface area contributed by atoms with Crippen molar-refractivity contribution in [3.8, 4) is 5.75 Å². The van der Waals surface area contributed by atoms with E-state index in [1.54, 1.807) is 7.11 Å². The summed E-state index contributed by atoms with van der Waals surface area (Å²) in [6, 6.07) is 0. The molecule has 0 aliphatic carbocycles. The minimum Gasteiger partial charge on any atom is -0.496 e. The van der Waals surface area contributed by atoms with Crippen LogP contribution in [0.5, 0.6) is 5.75 Å². The van der Waals surface area contributed by atoms with E-state index in [2.05, 4.69) is 5.32 Å². The smallest absolute Gasteiger partial charge is 0.221 e. The molecule has 0 aliphatic rings. The second-order valence-electron chi connectivity index (χ2n) is 2.44. The third kappa shape index (κ3) is 1.76. The van der Waals surface area contributed by atoms with E-state index in [0.717, 1.165) is 16.3 Å². The Bertz CT molecular complexity index is 293. The van der Waals surface area contributed by atoms with Gasteiger partial charge in [-0.1, -0.05) is 0 Å². The van der Waals surface area contributed by atoms with Crippen molar-refractivity contribution in [3.63, 3.8) is 0 Å². The molecule has 0 bridgehead atoms. The largest absolute Gasteiger partial charge is 0.496 e. The van der Waals surface area contributed by atoms with E-state index in [4.69, 9.17) is 4.74 Å². The van der Waals surface area contributed by atoms with Crippen LogP contribution in [0, 0.1) is 6.92 Å². The Morgan fingerprint density at radius 3 is 2.75 bits per heavy atom. The van der Waals surface area contributed by atoms with Crippen molar-refractivity contribution >= 4 is 22.2 Å². The number of carbonyl (C=O) groups excluding carboxylic acids is 1. The fraction of sp³-hybridized carbons (Fsp3) is 0.375. The molecule has 4 heteroatoms. The zero-order valence-corrected chi connectivity index (χ0v) is 8.12. The van der Waals surface area contributed by atoms with Crippen LogP contribution in [-0.4, -0.2) is 13.0 Å². The molecule has 1 N–H and O–H groups in total. The molecular formula is C8H11NO2S. The molecule has 0 aromatic carbocycles. The molecule has 0 aliphatic heterocycles. The highest BCUT2D eigenvalue weighted by Crippen LogP contribution is 2.32. The average Bonchev–Trinajstić information content (AvgIpc) is 2.32. The van der Waals surface area contributed by atoms with Crippen molar-refractivity contribution in [1.29, 1.82) is 0 Å². The van der Waals surface area contributed by atoms with Crippen LogP contribution in [0.2, 0.25) is 0 Å². The number of methoxy groups -OCH3 is 1. The molecule has 0 saturated carbocycles. The first-order chi connectivity index (χ1) is 5.65. The van der Waals surface area contributed by atoms with Crippen LogP contribution in [0.1, 0.15) is 12.5 Å². The van der Waals surface area contributed by atoms with Gasteiger partial charge in [0.1, 0.15) is 10.8 Å². The van der Waals surface area contributed by atoms with Crippen LogP contribution in [-0.2, 0) is 4.79 Å². The SMILES string of the molecule is COc1csc(NC(C)=O)c1C. The molecule has 1 aromatic heterocycles. The zero-order chi connectivity index (χ0) is 9.14. The van der Waals surface area contributed by atoms with E-state index in [1.165, 1.54) is 18.3 Å². The summed E-state index contributed by atoms with van der Waals surface area (Å²) in [5.41, 5.74) is 0.984. The number of ether oxygens (including phenoxy) is 1. The third-order valence-corrected chi connectivity index (χ3v) is 2.48. The van der Waals surface area contributed by atoms with Gasteiger partial charge in [-0.2, -0.15) is 0 Å². The lowest BCUT2D eigenvalue weighted by Crippen LogP contribution is -2.04. The molecule has 66 valence electrons. The van der Waals surface area contributed by atoms with E-state index in [0.29, 0.717) is 0 Å². The summed E-state index contributed by atoms with van der Waals surface area (Å²) in [7, 11) is 1.62. The molecule has 1 amide bonds. The van der Waals surface area contributed by atoms with E-state index in [9.17, 15) is 4.79 Å². The molecule has 1 heterocycles. The molecule has 12 heavy (non-hydrogen) atoms. The second-order valence-corrected chi connectivity index (χ2v) is 3.32. The van der Waals surface area contributed by atoms with Gasteiger partial charge in [-0.05, 0) is 6.92 Å². The van der Waals surface area contributed by atoms with Crippen molar-refractivity contribution in [1.82, 2.24) is 0 Å². The quantitative estimate of drug-likeness (QED) is 0.765. The van der Waals surface area contributed by atoms with Crippen LogP contribution in [0.3, 0.4) is 0 Å². The van der Waals surface area contributed by atoms with Gasteiger partial charge in [0.25, 0.3) is 0 Å². The van der Waals surface area contributed by atoms with Gasteiger partial charge in [0.2, 0.25) is 5.91 Å².